The Morgan fingerprint density at radius 2 is 1.90 bits per heavy atom. The predicted octanol–water partition coefficient (Wildman–Crippen LogP) is 4.96. The minimum atomic E-state index is -0.530. The number of rotatable bonds is 4. The molecule has 0 spiro atoms. The van der Waals surface area contributed by atoms with Crippen LogP contribution in [0.5, 0.6) is 5.75 Å². The molecule has 2 aromatic carbocycles. The minimum Gasteiger partial charge on any atom is -0.497 e. The summed E-state index contributed by atoms with van der Waals surface area (Å²) in [5.41, 5.74) is 1.93. The first kappa shape index (κ1) is 15.0. The Balaban J connectivity index is 2.23. The summed E-state index contributed by atoms with van der Waals surface area (Å²) in [6.45, 7) is 1.63. The monoisotopic (exact) mass is 340 g/mol. The Morgan fingerprint density at radius 1 is 1.15 bits per heavy atom. The third-order valence-electron chi connectivity index (χ3n) is 3.16. The molecule has 1 nitrogen and oxygen atoms in total. The van der Waals surface area contributed by atoms with Gasteiger partial charge in [0, 0.05) is 16.5 Å². The first-order valence-electron chi connectivity index (χ1n) is 6.24. The van der Waals surface area contributed by atoms with Crippen molar-refractivity contribution in [2.24, 2.45) is 0 Å². The van der Waals surface area contributed by atoms with Gasteiger partial charge in [0.25, 0.3) is 0 Å². The van der Waals surface area contributed by atoms with Gasteiger partial charge in [-0.15, -0.1) is 0 Å². The topological polar surface area (TPSA) is 9.23 Å². The van der Waals surface area contributed by atoms with Gasteiger partial charge in [0.2, 0.25) is 0 Å². The molecule has 0 aliphatic carbocycles. The fourth-order valence-electron chi connectivity index (χ4n) is 2.04. The van der Waals surface area contributed by atoms with Crippen molar-refractivity contribution >= 4 is 15.9 Å². The summed E-state index contributed by atoms with van der Waals surface area (Å²) in [7, 11) is 1.60. The van der Waals surface area contributed by atoms with Crippen LogP contribution >= 0.6 is 15.9 Å². The molecule has 0 N–H and O–H groups in total. The van der Waals surface area contributed by atoms with Crippen molar-refractivity contribution in [1.29, 1.82) is 0 Å². The Bertz CT molecular complexity index is 613. The molecule has 4 heteroatoms. The molecule has 0 saturated heterocycles. The summed E-state index contributed by atoms with van der Waals surface area (Å²) >= 11 is 3.48. The highest BCUT2D eigenvalue weighted by Crippen LogP contribution is 2.31. The second kappa shape index (κ2) is 6.35. The van der Waals surface area contributed by atoms with Crippen LogP contribution in [0.4, 0.5) is 8.78 Å². The van der Waals surface area contributed by atoms with Gasteiger partial charge in [0.05, 0.1) is 7.11 Å². The van der Waals surface area contributed by atoms with E-state index in [4.69, 9.17) is 4.74 Å². The quantitative estimate of drug-likeness (QED) is 0.714. The number of halogens is 3. The van der Waals surface area contributed by atoms with E-state index in [0.717, 1.165) is 17.4 Å². The van der Waals surface area contributed by atoms with Crippen molar-refractivity contribution < 1.29 is 13.5 Å². The molecule has 0 radical (unpaired) electrons. The molecule has 0 aromatic heterocycles. The lowest BCUT2D eigenvalue weighted by Crippen LogP contribution is -2.01. The van der Waals surface area contributed by atoms with Crippen LogP contribution in [0.15, 0.2) is 36.4 Å². The van der Waals surface area contributed by atoms with E-state index in [1.165, 1.54) is 0 Å². The number of alkyl halides is 1. The van der Waals surface area contributed by atoms with Crippen LogP contribution in [0, 0.1) is 18.6 Å². The smallest absolute Gasteiger partial charge is 0.130 e. The van der Waals surface area contributed by atoms with Crippen molar-refractivity contribution in [2.75, 3.05) is 7.11 Å². The lowest BCUT2D eigenvalue weighted by atomic mass is 10.0. The number of aryl methyl sites for hydroxylation is 1. The Morgan fingerprint density at radius 3 is 2.60 bits per heavy atom. The van der Waals surface area contributed by atoms with E-state index in [9.17, 15) is 8.78 Å². The van der Waals surface area contributed by atoms with Gasteiger partial charge in [-0.3, -0.25) is 0 Å². The number of hydrogen-bond acceptors (Lipinski definition) is 1. The zero-order valence-corrected chi connectivity index (χ0v) is 12.9. The average molecular weight is 341 g/mol. The fourth-order valence-corrected chi connectivity index (χ4v) is 2.76. The summed E-state index contributed by atoms with van der Waals surface area (Å²) in [6, 6.07) is 10.1. The van der Waals surface area contributed by atoms with Gasteiger partial charge in [0.15, 0.2) is 0 Å². The molecule has 0 aliphatic heterocycles. The van der Waals surface area contributed by atoms with Crippen molar-refractivity contribution in [3.05, 3.63) is 64.7 Å². The second-order valence-electron chi connectivity index (χ2n) is 4.65. The van der Waals surface area contributed by atoms with E-state index in [-0.39, 0.29) is 4.83 Å². The molecule has 2 aromatic rings. The maximum Gasteiger partial charge on any atom is 0.130 e. The van der Waals surface area contributed by atoms with Crippen LogP contribution < -0.4 is 4.74 Å². The van der Waals surface area contributed by atoms with E-state index in [1.807, 2.05) is 24.3 Å². The normalized spacial score (nSPS) is 12.2. The Labute approximate surface area is 125 Å². The molecular formula is C16H15BrF2O. The van der Waals surface area contributed by atoms with Gasteiger partial charge in [-0.25, -0.2) is 8.78 Å². The van der Waals surface area contributed by atoms with Crippen LogP contribution in [-0.4, -0.2) is 7.11 Å². The highest BCUT2D eigenvalue weighted by molar-refractivity contribution is 9.09. The Hall–Kier alpha value is -1.42. The lowest BCUT2D eigenvalue weighted by Gasteiger charge is -2.13. The summed E-state index contributed by atoms with van der Waals surface area (Å²) in [4.78, 5) is -0.214. The molecular weight excluding hydrogens is 326 g/mol. The standard InChI is InChI=1S/C16H15BrF2O/c1-10-6-13(16(19)9-15(10)18)14(17)8-11-4-3-5-12(7-11)20-2/h3-7,9,14H,8H2,1-2H3. The molecule has 0 aliphatic rings. The van der Waals surface area contributed by atoms with Crippen LogP contribution in [-0.2, 0) is 6.42 Å². The average Bonchev–Trinajstić information content (AvgIpc) is 2.43. The molecule has 0 fully saturated rings. The van der Waals surface area contributed by atoms with Gasteiger partial charge in [-0.1, -0.05) is 28.1 Å². The van der Waals surface area contributed by atoms with E-state index in [2.05, 4.69) is 15.9 Å². The molecule has 106 valence electrons. The molecule has 1 unspecified atom stereocenters. The zero-order chi connectivity index (χ0) is 14.7. The van der Waals surface area contributed by atoms with Crippen LogP contribution in [0.25, 0.3) is 0 Å². The highest BCUT2D eigenvalue weighted by Gasteiger charge is 2.16. The van der Waals surface area contributed by atoms with Crippen LogP contribution in [0.1, 0.15) is 21.5 Å². The van der Waals surface area contributed by atoms with Crippen molar-refractivity contribution in [2.45, 2.75) is 18.2 Å². The lowest BCUT2D eigenvalue weighted by molar-refractivity contribution is 0.414. The van der Waals surface area contributed by atoms with Gasteiger partial charge in [-0.2, -0.15) is 0 Å². The number of benzene rings is 2. The zero-order valence-electron chi connectivity index (χ0n) is 11.3. The van der Waals surface area contributed by atoms with Crippen LogP contribution in [0.2, 0.25) is 0 Å². The third-order valence-corrected chi connectivity index (χ3v) is 3.98. The molecule has 0 saturated carbocycles. The number of hydrogen-bond donors (Lipinski definition) is 0. The summed E-state index contributed by atoms with van der Waals surface area (Å²) in [6.07, 6.45) is 0.596. The highest BCUT2D eigenvalue weighted by atomic mass is 79.9. The third kappa shape index (κ3) is 3.37. The van der Waals surface area contributed by atoms with Gasteiger partial charge in [0.1, 0.15) is 17.4 Å². The minimum absolute atomic E-state index is 0.214. The maximum atomic E-state index is 13.8. The summed E-state index contributed by atoms with van der Waals surface area (Å²) in [5, 5.41) is 0. The van der Waals surface area contributed by atoms with Crippen molar-refractivity contribution in [1.82, 2.24) is 0 Å². The summed E-state index contributed by atoms with van der Waals surface area (Å²) < 4.78 is 32.3. The molecule has 0 heterocycles. The molecule has 1 atom stereocenters. The first-order chi connectivity index (χ1) is 9.51. The largest absolute Gasteiger partial charge is 0.497 e. The van der Waals surface area contributed by atoms with Crippen molar-refractivity contribution in [3.63, 3.8) is 0 Å². The second-order valence-corrected chi connectivity index (χ2v) is 5.75. The maximum absolute atomic E-state index is 13.8. The van der Waals surface area contributed by atoms with Gasteiger partial charge in [-0.05, 0) is 42.7 Å². The SMILES string of the molecule is COc1cccc(CC(Br)c2cc(C)c(F)cc2F)c1. The first-order valence-corrected chi connectivity index (χ1v) is 7.15. The predicted molar refractivity (Wildman–Crippen MR) is 79.5 cm³/mol. The molecule has 2 rings (SSSR count). The van der Waals surface area contributed by atoms with Gasteiger partial charge >= 0.3 is 0 Å². The fraction of sp³-hybridized carbons (Fsp3) is 0.250. The molecule has 0 amide bonds. The Kier molecular flexibility index (Phi) is 4.76. The number of methoxy groups -OCH3 is 1. The van der Waals surface area contributed by atoms with E-state index >= 15 is 0 Å². The van der Waals surface area contributed by atoms with Crippen molar-refractivity contribution in [3.8, 4) is 5.75 Å². The van der Waals surface area contributed by atoms with Crippen LogP contribution in [0.3, 0.4) is 0 Å². The van der Waals surface area contributed by atoms with E-state index in [0.29, 0.717) is 17.5 Å². The number of ether oxygens (including phenoxy) is 1. The van der Waals surface area contributed by atoms with E-state index in [1.54, 1.807) is 20.1 Å². The van der Waals surface area contributed by atoms with E-state index < -0.39 is 11.6 Å². The molecule has 0 bridgehead atoms. The van der Waals surface area contributed by atoms with Gasteiger partial charge < -0.3 is 4.74 Å². The summed E-state index contributed by atoms with van der Waals surface area (Å²) in [5.74, 6) is -0.289. The molecule has 20 heavy (non-hydrogen) atoms.